The molecule has 1 aromatic heterocycles. The van der Waals surface area contributed by atoms with Crippen LogP contribution in [0.25, 0.3) is 11.4 Å². The average molecular weight is 387 g/mol. The molecule has 0 amide bonds. The lowest BCUT2D eigenvalue weighted by Gasteiger charge is -2.23. The molecule has 0 saturated carbocycles. The van der Waals surface area contributed by atoms with E-state index in [1.54, 1.807) is 12.1 Å². The van der Waals surface area contributed by atoms with E-state index in [1.807, 2.05) is 13.0 Å². The molecule has 2 rings (SSSR count). The van der Waals surface area contributed by atoms with E-state index in [-0.39, 0.29) is 18.3 Å². The van der Waals surface area contributed by atoms with E-state index in [0.717, 1.165) is 38.2 Å². The smallest absolute Gasteiger partial charge is 0.269 e. The third-order valence-corrected chi connectivity index (χ3v) is 4.74. The van der Waals surface area contributed by atoms with E-state index in [0.29, 0.717) is 17.2 Å². The summed E-state index contributed by atoms with van der Waals surface area (Å²) in [7, 11) is 0. The van der Waals surface area contributed by atoms with Gasteiger partial charge in [0.1, 0.15) is 5.82 Å². The summed E-state index contributed by atoms with van der Waals surface area (Å²) in [5.41, 5.74) is 1.62. The Labute approximate surface area is 165 Å². The topological polar surface area (TPSA) is 104 Å². The molecule has 0 fully saturated rings. The van der Waals surface area contributed by atoms with Crippen LogP contribution in [0.4, 0.5) is 11.5 Å². The SMILES string of the molecule is CCc1cc(NC(CO)CCN(CC)CC)nc(-c2ccc([N+](=O)[O-])cc2)n1. The number of aryl methyl sites for hydroxylation is 1. The number of aromatic nitrogens is 2. The minimum Gasteiger partial charge on any atom is -0.394 e. The number of anilines is 1. The lowest BCUT2D eigenvalue weighted by Crippen LogP contribution is -2.32. The molecule has 152 valence electrons. The summed E-state index contributed by atoms with van der Waals surface area (Å²) < 4.78 is 0. The van der Waals surface area contributed by atoms with Crippen molar-refractivity contribution in [2.24, 2.45) is 0 Å². The van der Waals surface area contributed by atoms with Gasteiger partial charge in [0, 0.05) is 36.0 Å². The number of benzene rings is 1. The first kappa shape index (κ1) is 21.7. The number of nitro groups is 1. The van der Waals surface area contributed by atoms with E-state index in [1.165, 1.54) is 12.1 Å². The van der Waals surface area contributed by atoms with Gasteiger partial charge in [-0.3, -0.25) is 10.1 Å². The molecule has 1 unspecified atom stereocenters. The summed E-state index contributed by atoms with van der Waals surface area (Å²) in [4.78, 5) is 21.8. The maximum absolute atomic E-state index is 10.8. The van der Waals surface area contributed by atoms with Crippen molar-refractivity contribution in [2.75, 3.05) is 31.6 Å². The van der Waals surface area contributed by atoms with Crippen molar-refractivity contribution in [1.29, 1.82) is 0 Å². The van der Waals surface area contributed by atoms with Crippen LogP contribution in [-0.4, -0.2) is 57.2 Å². The number of aliphatic hydroxyl groups is 1. The summed E-state index contributed by atoms with van der Waals surface area (Å²) in [6.45, 7) is 9.12. The van der Waals surface area contributed by atoms with Gasteiger partial charge in [-0.1, -0.05) is 20.8 Å². The van der Waals surface area contributed by atoms with Gasteiger partial charge in [0.15, 0.2) is 5.82 Å². The number of hydrogen-bond acceptors (Lipinski definition) is 7. The van der Waals surface area contributed by atoms with E-state index in [4.69, 9.17) is 0 Å². The van der Waals surface area contributed by atoms with Crippen molar-refractivity contribution < 1.29 is 10.0 Å². The molecule has 0 aliphatic carbocycles. The fourth-order valence-corrected chi connectivity index (χ4v) is 2.91. The maximum atomic E-state index is 10.8. The Morgan fingerprint density at radius 2 is 1.86 bits per heavy atom. The molecule has 8 nitrogen and oxygen atoms in total. The first-order chi connectivity index (χ1) is 13.5. The highest BCUT2D eigenvalue weighted by molar-refractivity contribution is 5.59. The van der Waals surface area contributed by atoms with Crippen LogP contribution in [0.1, 0.15) is 32.9 Å². The van der Waals surface area contributed by atoms with E-state index >= 15 is 0 Å². The van der Waals surface area contributed by atoms with Crippen LogP contribution >= 0.6 is 0 Å². The van der Waals surface area contributed by atoms with Crippen LogP contribution in [0, 0.1) is 10.1 Å². The second-order valence-corrected chi connectivity index (χ2v) is 6.57. The molecule has 2 N–H and O–H groups in total. The van der Waals surface area contributed by atoms with Crippen LogP contribution in [0.2, 0.25) is 0 Å². The predicted octanol–water partition coefficient (Wildman–Crippen LogP) is 3.12. The first-order valence-corrected chi connectivity index (χ1v) is 9.73. The summed E-state index contributed by atoms with van der Waals surface area (Å²) in [5.74, 6) is 1.16. The molecule has 0 aliphatic rings. The van der Waals surface area contributed by atoms with Gasteiger partial charge < -0.3 is 15.3 Å². The zero-order chi connectivity index (χ0) is 20.5. The molecule has 8 heteroatoms. The molecular weight excluding hydrogens is 358 g/mol. The Hall–Kier alpha value is -2.58. The third kappa shape index (κ3) is 5.97. The van der Waals surface area contributed by atoms with Gasteiger partial charge in [-0.05, 0) is 38.1 Å². The van der Waals surface area contributed by atoms with Crippen molar-refractivity contribution in [2.45, 2.75) is 39.7 Å². The number of rotatable bonds is 11. The van der Waals surface area contributed by atoms with Gasteiger partial charge in [-0.2, -0.15) is 0 Å². The fourth-order valence-electron chi connectivity index (χ4n) is 2.91. The standard InChI is InChI=1S/C20H29N5O3/c1-4-16-13-19(21-17(14-26)11-12-24(5-2)6-3)23-20(22-16)15-7-9-18(10-8-15)25(27)28/h7-10,13,17,26H,4-6,11-12,14H2,1-3H3,(H,21,22,23). The molecule has 1 heterocycles. The van der Waals surface area contributed by atoms with Crippen molar-refractivity contribution in [3.05, 3.63) is 46.1 Å². The van der Waals surface area contributed by atoms with Crippen molar-refractivity contribution in [1.82, 2.24) is 14.9 Å². The number of nitro benzene ring substituents is 1. The van der Waals surface area contributed by atoms with E-state index in [2.05, 4.69) is 34.0 Å². The number of nitrogens with one attached hydrogen (secondary N) is 1. The zero-order valence-corrected chi connectivity index (χ0v) is 16.8. The van der Waals surface area contributed by atoms with E-state index in [9.17, 15) is 15.2 Å². The summed E-state index contributed by atoms with van der Waals surface area (Å²) in [5, 5.41) is 23.9. The van der Waals surface area contributed by atoms with Gasteiger partial charge in [0.05, 0.1) is 17.6 Å². The Balaban J connectivity index is 2.20. The minimum absolute atomic E-state index is 0.0135. The Morgan fingerprint density at radius 1 is 1.18 bits per heavy atom. The van der Waals surface area contributed by atoms with Gasteiger partial charge in [-0.15, -0.1) is 0 Å². The highest BCUT2D eigenvalue weighted by Gasteiger charge is 2.13. The van der Waals surface area contributed by atoms with Gasteiger partial charge >= 0.3 is 0 Å². The Morgan fingerprint density at radius 3 is 2.39 bits per heavy atom. The average Bonchev–Trinajstić information content (AvgIpc) is 2.73. The molecule has 2 aromatic rings. The van der Waals surface area contributed by atoms with Crippen molar-refractivity contribution >= 4 is 11.5 Å². The minimum atomic E-state index is -0.429. The summed E-state index contributed by atoms with van der Waals surface area (Å²) in [6, 6.07) is 7.98. The normalized spacial score (nSPS) is 12.2. The van der Waals surface area contributed by atoms with Crippen molar-refractivity contribution in [3.8, 4) is 11.4 Å². The third-order valence-electron chi connectivity index (χ3n) is 4.74. The van der Waals surface area contributed by atoms with E-state index < -0.39 is 4.92 Å². The lowest BCUT2D eigenvalue weighted by atomic mass is 10.1. The van der Waals surface area contributed by atoms with Crippen LogP contribution in [0.3, 0.4) is 0 Å². The first-order valence-electron chi connectivity index (χ1n) is 9.73. The van der Waals surface area contributed by atoms with Gasteiger partial charge in [-0.25, -0.2) is 9.97 Å². The largest absolute Gasteiger partial charge is 0.394 e. The second kappa shape index (κ2) is 10.7. The number of hydrogen-bond donors (Lipinski definition) is 2. The molecule has 0 radical (unpaired) electrons. The highest BCUT2D eigenvalue weighted by atomic mass is 16.6. The monoisotopic (exact) mass is 387 g/mol. The Bertz CT molecular complexity index is 763. The molecule has 1 atom stereocenters. The number of non-ortho nitro benzene ring substituents is 1. The van der Waals surface area contributed by atoms with Gasteiger partial charge in [0.2, 0.25) is 0 Å². The molecular formula is C20H29N5O3. The van der Waals surface area contributed by atoms with Crippen LogP contribution < -0.4 is 5.32 Å². The summed E-state index contributed by atoms with van der Waals surface area (Å²) >= 11 is 0. The molecule has 0 saturated heterocycles. The second-order valence-electron chi connectivity index (χ2n) is 6.57. The number of nitrogens with zero attached hydrogens (tertiary/aromatic N) is 4. The molecule has 0 spiro atoms. The molecule has 1 aromatic carbocycles. The number of aliphatic hydroxyl groups excluding tert-OH is 1. The zero-order valence-electron chi connectivity index (χ0n) is 16.8. The molecule has 0 bridgehead atoms. The fraction of sp³-hybridized carbons (Fsp3) is 0.500. The lowest BCUT2D eigenvalue weighted by molar-refractivity contribution is -0.384. The van der Waals surface area contributed by atoms with Crippen LogP contribution in [0.15, 0.2) is 30.3 Å². The predicted molar refractivity (Wildman–Crippen MR) is 110 cm³/mol. The van der Waals surface area contributed by atoms with Crippen molar-refractivity contribution in [3.63, 3.8) is 0 Å². The van der Waals surface area contributed by atoms with Crippen LogP contribution in [-0.2, 0) is 6.42 Å². The maximum Gasteiger partial charge on any atom is 0.269 e. The highest BCUT2D eigenvalue weighted by Crippen LogP contribution is 2.22. The quantitative estimate of drug-likeness (QED) is 0.451. The molecule has 0 aliphatic heterocycles. The van der Waals surface area contributed by atoms with Crippen LogP contribution in [0.5, 0.6) is 0 Å². The summed E-state index contributed by atoms with van der Waals surface area (Å²) in [6.07, 6.45) is 1.54. The van der Waals surface area contributed by atoms with Gasteiger partial charge in [0.25, 0.3) is 5.69 Å². The Kier molecular flexibility index (Phi) is 8.28. The molecule has 28 heavy (non-hydrogen) atoms.